The summed E-state index contributed by atoms with van der Waals surface area (Å²) in [5.41, 5.74) is 4.36. The number of hydrogen-bond donors (Lipinski definition) is 4. The predicted octanol–water partition coefficient (Wildman–Crippen LogP) is 7.31. The molecule has 2 aromatic heterocycles. The fraction of sp³-hybridized carbons (Fsp3) is 0.450. The maximum atomic E-state index is 13.7. The van der Waals surface area contributed by atoms with Crippen molar-refractivity contribution < 1.29 is 55.0 Å². The Morgan fingerprint density at radius 3 is 1.28 bits per heavy atom. The van der Waals surface area contributed by atoms with E-state index in [0.717, 1.165) is 50.3 Å². The molecule has 0 radical (unpaired) electrons. The van der Waals surface area contributed by atoms with Crippen molar-refractivity contribution in [2.75, 3.05) is 27.3 Å². The molecule has 14 nitrogen and oxygen atoms in total. The van der Waals surface area contributed by atoms with Gasteiger partial charge in [-0.25, -0.2) is 19.6 Å². The fourth-order valence-corrected chi connectivity index (χ4v) is 7.52. The summed E-state index contributed by atoms with van der Waals surface area (Å²) in [5, 5.41) is 4.11. The standard InChI is InChI=1S/C40H44F6N8O6/c1-21(39(41,42)43)31(51-37(57)59-3)35(55)53-17-5-7-29(53)33-47-19-27(49-33)25-13-9-23(10-14-25)24-11-15-26(16-12-24)28-20-48-34(50-28)30-8-6-18-54(30)36(56)32(52-38(58)60-4)22(2)40(44,45)46/h9-16,19-22,29-32H,5-8,17-18H2,1-4H3,(H,47,49)(H,48,50)(H,51,57)(H,52,58)/t21?,22?,29-,30-,31-,32-/m0/s1. The van der Waals surface area contributed by atoms with Gasteiger partial charge in [0.2, 0.25) is 11.8 Å². The number of nitrogens with zero attached hydrogens (tertiary/aromatic N) is 4. The van der Waals surface area contributed by atoms with Crippen LogP contribution in [-0.4, -0.2) is 105 Å². The van der Waals surface area contributed by atoms with Gasteiger partial charge in [-0.15, -0.1) is 0 Å². The van der Waals surface area contributed by atoms with Crippen molar-refractivity contribution in [3.63, 3.8) is 0 Å². The molecule has 322 valence electrons. The van der Waals surface area contributed by atoms with E-state index in [-0.39, 0.29) is 13.1 Å². The lowest BCUT2D eigenvalue weighted by Gasteiger charge is -2.31. The molecule has 2 unspecified atom stereocenters. The minimum Gasteiger partial charge on any atom is -0.453 e. The molecule has 4 amide bonds. The average Bonchev–Trinajstić information content (AvgIpc) is 4.07. The first kappa shape index (κ1) is 43.5. The number of halogens is 6. The topological polar surface area (TPSA) is 175 Å². The summed E-state index contributed by atoms with van der Waals surface area (Å²) in [7, 11) is 2.00. The summed E-state index contributed by atoms with van der Waals surface area (Å²) >= 11 is 0. The van der Waals surface area contributed by atoms with Crippen molar-refractivity contribution in [1.82, 2.24) is 40.4 Å². The van der Waals surface area contributed by atoms with Gasteiger partial charge in [-0.2, -0.15) is 26.3 Å². The Bertz CT molecular complexity index is 2000. The Hall–Kier alpha value is -6.08. The fourth-order valence-electron chi connectivity index (χ4n) is 7.52. The van der Waals surface area contributed by atoms with Crippen LogP contribution in [0.2, 0.25) is 0 Å². The van der Waals surface area contributed by atoms with E-state index in [1.807, 2.05) is 48.5 Å². The first-order valence-electron chi connectivity index (χ1n) is 19.2. The Balaban J connectivity index is 1.12. The molecule has 0 spiro atoms. The van der Waals surface area contributed by atoms with E-state index in [2.05, 4.69) is 40.0 Å². The van der Waals surface area contributed by atoms with E-state index in [1.165, 1.54) is 9.80 Å². The zero-order valence-electron chi connectivity index (χ0n) is 33.0. The van der Waals surface area contributed by atoms with Crippen LogP contribution < -0.4 is 10.6 Å². The zero-order chi connectivity index (χ0) is 43.5. The van der Waals surface area contributed by atoms with Crippen LogP contribution in [0.1, 0.15) is 63.3 Å². The molecule has 2 saturated heterocycles. The Morgan fingerprint density at radius 1 is 0.633 bits per heavy atom. The molecular formula is C40H44F6N8O6. The molecule has 2 aromatic carbocycles. The summed E-state index contributed by atoms with van der Waals surface area (Å²) in [6, 6.07) is 9.98. The molecule has 6 rings (SSSR count). The lowest BCUT2D eigenvalue weighted by molar-refractivity contribution is -0.183. The van der Waals surface area contributed by atoms with E-state index in [9.17, 15) is 45.5 Å². The molecule has 4 N–H and O–H groups in total. The van der Waals surface area contributed by atoms with Crippen molar-refractivity contribution in [3.05, 3.63) is 72.6 Å². The van der Waals surface area contributed by atoms with Gasteiger partial charge in [0.05, 0.1) is 49.5 Å². The summed E-state index contributed by atoms with van der Waals surface area (Å²) in [6.07, 6.45) is -6.52. The van der Waals surface area contributed by atoms with Gasteiger partial charge in [0.25, 0.3) is 0 Å². The molecule has 4 aromatic rings. The summed E-state index contributed by atoms with van der Waals surface area (Å²) < 4.78 is 91.0. The number of amides is 4. The zero-order valence-corrected chi connectivity index (χ0v) is 33.0. The molecule has 2 fully saturated rings. The second kappa shape index (κ2) is 17.6. The van der Waals surface area contributed by atoms with Crippen LogP contribution in [0, 0.1) is 11.8 Å². The second-order valence-corrected chi connectivity index (χ2v) is 14.8. The molecule has 0 aliphatic carbocycles. The number of rotatable bonds is 11. The molecule has 4 heterocycles. The summed E-state index contributed by atoms with van der Waals surface area (Å²) in [4.78, 5) is 68.8. The Kier molecular flexibility index (Phi) is 12.8. The van der Waals surface area contributed by atoms with Gasteiger partial charge in [0.15, 0.2) is 0 Å². The van der Waals surface area contributed by atoms with Gasteiger partial charge in [0.1, 0.15) is 23.7 Å². The van der Waals surface area contributed by atoms with Crippen molar-refractivity contribution in [2.45, 2.75) is 76.1 Å². The van der Waals surface area contributed by atoms with Gasteiger partial charge >= 0.3 is 24.5 Å². The van der Waals surface area contributed by atoms with E-state index in [4.69, 9.17) is 0 Å². The molecule has 6 atom stereocenters. The van der Waals surface area contributed by atoms with Crippen molar-refractivity contribution in [2.24, 2.45) is 11.8 Å². The first-order valence-corrected chi connectivity index (χ1v) is 19.2. The third kappa shape index (κ3) is 9.36. The number of imidazole rings is 2. The SMILES string of the molecule is COC(=O)N[C@H](C(=O)N1CCC[C@H]1c1nc(-c2ccc(-c3ccc(-c4c[nH]c([C@@H]5CCCN5C(=O)[C@@H](NC(=O)OC)C(C)C(F)(F)F)n4)cc3)cc2)c[nH]1)C(C)C(F)(F)F. The summed E-state index contributed by atoms with van der Waals surface area (Å²) in [5.74, 6) is -5.31. The Labute approximate surface area is 340 Å². The normalized spacial score (nSPS) is 19.0. The van der Waals surface area contributed by atoms with Gasteiger partial charge < -0.3 is 39.9 Å². The van der Waals surface area contributed by atoms with Gasteiger partial charge in [-0.3, -0.25) is 9.59 Å². The Morgan fingerprint density at radius 2 is 0.967 bits per heavy atom. The van der Waals surface area contributed by atoms with Crippen LogP contribution in [0.15, 0.2) is 60.9 Å². The van der Waals surface area contributed by atoms with Crippen LogP contribution in [-0.2, 0) is 19.1 Å². The molecule has 20 heteroatoms. The molecule has 60 heavy (non-hydrogen) atoms. The number of benzene rings is 2. The smallest absolute Gasteiger partial charge is 0.407 e. The van der Waals surface area contributed by atoms with Crippen LogP contribution in [0.25, 0.3) is 33.6 Å². The third-order valence-corrected chi connectivity index (χ3v) is 11.1. The minimum atomic E-state index is -4.75. The van der Waals surface area contributed by atoms with E-state index >= 15 is 0 Å². The number of likely N-dealkylation sites (tertiary alicyclic amines) is 2. The van der Waals surface area contributed by atoms with Gasteiger partial charge in [0, 0.05) is 36.6 Å². The number of alkyl halides is 6. The minimum absolute atomic E-state index is 0.185. The molecule has 2 aliphatic heterocycles. The highest BCUT2D eigenvalue weighted by Crippen LogP contribution is 2.38. The molecule has 0 bridgehead atoms. The van der Waals surface area contributed by atoms with Crippen molar-refractivity contribution >= 4 is 24.0 Å². The number of alkyl carbamates (subject to hydrolysis) is 2. The number of ether oxygens (including phenoxy) is 2. The number of H-pyrrole nitrogens is 2. The lowest BCUT2D eigenvalue weighted by atomic mass is 9.99. The molecular weight excluding hydrogens is 802 g/mol. The van der Waals surface area contributed by atoms with Crippen molar-refractivity contribution in [1.29, 1.82) is 0 Å². The number of nitrogens with one attached hydrogen (secondary N) is 4. The van der Waals surface area contributed by atoms with Crippen LogP contribution in [0.4, 0.5) is 35.9 Å². The van der Waals surface area contributed by atoms with E-state index < -0.39 is 72.4 Å². The number of carbonyl (C=O) groups excluding carboxylic acids is 4. The third-order valence-electron chi connectivity index (χ3n) is 11.1. The average molecular weight is 847 g/mol. The quantitative estimate of drug-likeness (QED) is 0.114. The number of hydrogen-bond acceptors (Lipinski definition) is 8. The molecule has 2 aliphatic rings. The van der Waals surface area contributed by atoms with Crippen LogP contribution >= 0.6 is 0 Å². The number of carbonyl (C=O) groups is 4. The lowest BCUT2D eigenvalue weighted by Crippen LogP contribution is -2.54. The number of aromatic nitrogens is 4. The van der Waals surface area contributed by atoms with Gasteiger partial charge in [-0.05, 0) is 36.8 Å². The maximum absolute atomic E-state index is 13.7. The summed E-state index contributed by atoms with van der Waals surface area (Å²) in [6.45, 7) is 2.04. The highest BCUT2D eigenvalue weighted by atomic mass is 19.4. The highest BCUT2D eigenvalue weighted by molar-refractivity contribution is 5.87. The van der Waals surface area contributed by atoms with E-state index in [0.29, 0.717) is 48.7 Å². The first-order chi connectivity index (χ1) is 28.4. The number of methoxy groups -OCH3 is 2. The predicted molar refractivity (Wildman–Crippen MR) is 204 cm³/mol. The second-order valence-electron chi connectivity index (χ2n) is 14.8. The maximum Gasteiger partial charge on any atom is 0.407 e. The largest absolute Gasteiger partial charge is 0.453 e. The number of aromatic amines is 2. The molecule has 0 saturated carbocycles. The monoisotopic (exact) mass is 846 g/mol. The van der Waals surface area contributed by atoms with E-state index in [1.54, 1.807) is 12.4 Å². The highest BCUT2D eigenvalue weighted by Gasteiger charge is 2.49. The van der Waals surface area contributed by atoms with Crippen LogP contribution in [0.5, 0.6) is 0 Å². The van der Waals surface area contributed by atoms with Crippen LogP contribution in [0.3, 0.4) is 0 Å². The van der Waals surface area contributed by atoms with Gasteiger partial charge in [-0.1, -0.05) is 62.4 Å². The van der Waals surface area contributed by atoms with Crippen molar-refractivity contribution in [3.8, 4) is 33.6 Å².